The van der Waals surface area contributed by atoms with Crippen LogP contribution >= 0.6 is 0 Å². The maximum atomic E-state index is 13.0. The quantitative estimate of drug-likeness (QED) is 0.730. The van der Waals surface area contributed by atoms with Crippen molar-refractivity contribution in [1.82, 2.24) is 0 Å². The third kappa shape index (κ3) is 3.06. The van der Waals surface area contributed by atoms with Gasteiger partial charge in [-0.2, -0.15) is 0 Å². The van der Waals surface area contributed by atoms with Gasteiger partial charge in [0.15, 0.2) is 5.78 Å². The number of hydrogen-bond acceptors (Lipinski definition) is 2. The van der Waals surface area contributed by atoms with Gasteiger partial charge in [-0.1, -0.05) is 20.3 Å². The van der Waals surface area contributed by atoms with Crippen molar-refractivity contribution in [2.45, 2.75) is 84.2 Å². The van der Waals surface area contributed by atoms with Crippen LogP contribution in [0.5, 0.6) is 0 Å². The van der Waals surface area contributed by atoms with E-state index in [9.17, 15) is 4.79 Å². The van der Waals surface area contributed by atoms with Gasteiger partial charge < -0.3 is 4.74 Å². The average Bonchev–Trinajstić information content (AvgIpc) is 3.04. The van der Waals surface area contributed by atoms with Gasteiger partial charge in [-0.25, -0.2) is 0 Å². The number of hydrogen-bond donors (Lipinski definition) is 0. The maximum Gasteiger partial charge on any atom is 0.164 e. The molecule has 3 atom stereocenters. The summed E-state index contributed by atoms with van der Waals surface area (Å²) >= 11 is 0. The lowest BCUT2D eigenvalue weighted by atomic mass is 9.68. The SMILES string of the molecule is CCOC1(C(=O)CC2CC3CCC2C3)CCC(C)(C)CC1. The molecule has 0 spiro atoms. The monoisotopic (exact) mass is 292 g/mol. The third-order valence-electron chi connectivity index (χ3n) is 6.67. The van der Waals surface area contributed by atoms with E-state index in [1.165, 1.54) is 25.7 Å². The molecular formula is C19H32O2. The van der Waals surface area contributed by atoms with Crippen LogP contribution in [0.2, 0.25) is 0 Å². The Morgan fingerprint density at radius 2 is 1.81 bits per heavy atom. The molecule has 0 saturated heterocycles. The molecule has 0 radical (unpaired) electrons. The Morgan fingerprint density at radius 1 is 1.10 bits per heavy atom. The molecule has 0 amide bonds. The number of ketones is 1. The fraction of sp³-hybridized carbons (Fsp3) is 0.947. The van der Waals surface area contributed by atoms with Gasteiger partial charge in [-0.05, 0) is 75.0 Å². The zero-order valence-corrected chi connectivity index (χ0v) is 14.1. The first-order valence-electron chi connectivity index (χ1n) is 9.11. The summed E-state index contributed by atoms with van der Waals surface area (Å²) in [7, 11) is 0. The van der Waals surface area contributed by atoms with E-state index in [1.54, 1.807) is 0 Å². The van der Waals surface area contributed by atoms with Crippen LogP contribution in [0.4, 0.5) is 0 Å². The van der Waals surface area contributed by atoms with E-state index < -0.39 is 5.60 Å². The van der Waals surface area contributed by atoms with Crippen LogP contribution in [0.25, 0.3) is 0 Å². The van der Waals surface area contributed by atoms with Crippen molar-refractivity contribution >= 4 is 5.78 Å². The van der Waals surface area contributed by atoms with Crippen LogP contribution in [-0.4, -0.2) is 18.0 Å². The molecule has 2 bridgehead atoms. The van der Waals surface area contributed by atoms with Crippen molar-refractivity contribution in [1.29, 1.82) is 0 Å². The van der Waals surface area contributed by atoms with Crippen LogP contribution in [0.1, 0.15) is 78.6 Å². The normalized spacial score (nSPS) is 36.8. The number of fused-ring (bicyclic) bond motifs is 2. The summed E-state index contributed by atoms with van der Waals surface area (Å²) in [6.07, 6.45) is 10.4. The predicted octanol–water partition coefficient (Wildman–Crippen LogP) is 4.76. The van der Waals surface area contributed by atoms with E-state index >= 15 is 0 Å². The molecule has 21 heavy (non-hydrogen) atoms. The standard InChI is InChI=1S/C19H32O2/c1-4-21-19(9-7-18(2,3)8-10-19)17(20)13-16-12-14-5-6-15(16)11-14/h14-16H,4-13H2,1-3H3. The van der Waals surface area contributed by atoms with Crippen molar-refractivity contribution in [3.8, 4) is 0 Å². The van der Waals surface area contributed by atoms with E-state index in [-0.39, 0.29) is 0 Å². The molecule has 3 aliphatic rings. The fourth-order valence-electron chi connectivity index (χ4n) is 5.16. The number of Topliss-reactive ketones (excluding diaryl/α,β-unsaturated/α-hetero) is 1. The van der Waals surface area contributed by atoms with Crippen molar-refractivity contribution in [3.63, 3.8) is 0 Å². The largest absolute Gasteiger partial charge is 0.368 e. The Hall–Kier alpha value is -0.370. The summed E-state index contributed by atoms with van der Waals surface area (Å²) in [4.78, 5) is 13.0. The Labute approximate surface area is 130 Å². The minimum Gasteiger partial charge on any atom is -0.368 e. The molecule has 2 heteroatoms. The predicted molar refractivity (Wildman–Crippen MR) is 85.2 cm³/mol. The van der Waals surface area contributed by atoms with Gasteiger partial charge in [0.25, 0.3) is 0 Å². The summed E-state index contributed by atoms with van der Waals surface area (Å²) in [5.74, 6) is 2.87. The van der Waals surface area contributed by atoms with Gasteiger partial charge in [-0.15, -0.1) is 0 Å². The van der Waals surface area contributed by atoms with Crippen LogP contribution in [0.15, 0.2) is 0 Å². The molecule has 0 aromatic carbocycles. The molecule has 0 aromatic heterocycles. The Bertz CT molecular complexity index is 388. The lowest BCUT2D eigenvalue weighted by molar-refractivity contribution is -0.153. The molecule has 0 aromatic rings. The number of rotatable bonds is 5. The van der Waals surface area contributed by atoms with Gasteiger partial charge in [0.1, 0.15) is 5.60 Å². The summed E-state index contributed by atoms with van der Waals surface area (Å²) in [6, 6.07) is 0. The van der Waals surface area contributed by atoms with Crippen LogP contribution in [0, 0.1) is 23.2 Å². The second-order valence-electron chi connectivity index (χ2n) is 8.65. The molecule has 0 heterocycles. The first kappa shape index (κ1) is 15.5. The average molecular weight is 292 g/mol. The number of carbonyl (C=O) groups is 1. The Morgan fingerprint density at radius 3 is 2.33 bits per heavy atom. The zero-order chi connectivity index (χ0) is 15.1. The molecule has 3 saturated carbocycles. The second-order valence-corrected chi connectivity index (χ2v) is 8.65. The van der Waals surface area contributed by atoms with E-state index in [1.807, 2.05) is 6.92 Å². The molecule has 3 rings (SSSR count). The number of carbonyl (C=O) groups excluding carboxylic acids is 1. The van der Waals surface area contributed by atoms with Gasteiger partial charge in [0.05, 0.1) is 0 Å². The van der Waals surface area contributed by atoms with E-state index in [0.29, 0.717) is 23.7 Å². The first-order chi connectivity index (χ1) is 9.94. The van der Waals surface area contributed by atoms with Crippen molar-refractivity contribution in [2.24, 2.45) is 23.2 Å². The molecule has 3 unspecified atom stereocenters. The van der Waals surface area contributed by atoms with Crippen molar-refractivity contribution in [3.05, 3.63) is 0 Å². The molecule has 0 N–H and O–H groups in total. The zero-order valence-electron chi connectivity index (χ0n) is 14.1. The molecule has 3 aliphatic carbocycles. The highest BCUT2D eigenvalue weighted by Gasteiger charge is 2.47. The lowest BCUT2D eigenvalue weighted by Gasteiger charge is -2.43. The van der Waals surface area contributed by atoms with Gasteiger partial charge in [0.2, 0.25) is 0 Å². The van der Waals surface area contributed by atoms with Crippen LogP contribution in [0.3, 0.4) is 0 Å². The topological polar surface area (TPSA) is 26.3 Å². The van der Waals surface area contributed by atoms with E-state index in [0.717, 1.165) is 43.9 Å². The van der Waals surface area contributed by atoms with Gasteiger partial charge >= 0.3 is 0 Å². The smallest absolute Gasteiger partial charge is 0.164 e. The number of ether oxygens (including phenoxy) is 1. The molecular weight excluding hydrogens is 260 g/mol. The fourth-order valence-corrected chi connectivity index (χ4v) is 5.16. The second kappa shape index (κ2) is 5.68. The van der Waals surface area contributed by atoms with Gasteiger partial charge in [0, 0.05) is 13.0 Å². The summed E-state index contributed by atoms with van der Waals surface area (Å²) in [5.41, 5.74) is -0.0561. The highest BCUT2D eigenvalue weighted by atomic mass is 16.5. The first-order valence-corrected chi connectivity index (χ1v) is 9.11. The van der Waals surface area contributed by atoms with E-state index in [2.05, 4.69) is 13.8 Å². The third-order valence-corrected chi connectivity index (χ3v) is 6.67. The lowest BCUT2D eigenvalue weighted by Crippen LogP contribution is -2.47. The Balaban J connectivity index is 1.65. The maximum absolute atomic E-state index is 13.0. The summed E-state index contributed by atoms with van der Waals surface area (Å²) in [5, 5.41) is 0. The highest BCUT2D eigenvalue weighted by molar-refractivity contribution is 5.87. The van der Waals surface area contributed by atoms with Crippen LogP contribution < -0.4 is 0 Å². The summed E-state index contributed by atoms with van der Waals surface area (Å²) in [6.45, 7) is 7.35. The van der Waals surface area contributed by atoms with Gasteiger partial charge in [-0.3, -0.25) is 4.79 Å². The molecule has 2 nitrogen and oxygen atoms in total. The minimum atomic E-state index is -0.438. The molecule has 0 aliphatic heterocycles. The van der Waals surface area contributed by atoms with Crippen molar-refractivity contribution in [2.75, 3.05) is 6.61 Å². The molecule has 3 fully saturated rings. The Kier molecular flexibility index (Phi) is 4.20. The van der Waals surface area contributed by atoms with Crippen LogP contribution in [-0.2, 0) is 9.53 Å². The van der Waals surface area contributed by atoms with E-state index in [4.69, 9.17) is 4.74 Å². The highest BCUT2D eigenvalue weighted by Crippen LogP contribution is 2.51. The molecule has 120 valence electrons. The summed E-state index contributed by atoms with van der Waals surface area (Å²) < 4.78 is 6.07. The minimum absolute atomic E-state index is 0.382. The van der Waals surface area contributed by atoms with Crippen molar-refractivity contribution < 1.29 is 9.53 Å².